The second kappa shape index (κ2) is 14.5. The molecule has 1 atom stereocenters. The number of rotatable bonds is 10. The van der Waals surface area contributed by atoms with E-state index in [9.17, 15) is 9.59 Å². The number of carbonyl (C=O) groups excluding carboxylic acids is 1. The highest BCUT2D eigenvalue weighted by atomic mass is 35.5. The van der Waals surface area contributed by atoms with Gasteiger partial charge in [-0.15, -0.1) is 0 Å². The molecule has 0 unspecified atom stereocenters. The lowest BCUT2D eigenvalue weighted by atomic mass is 9.95. The standard InChI is InChI=1S/C38H34Cl2N2O6S/c1-6-46-37(44)33-22(4)41-38-42(34(33)27-13-14-30(48-21(2)3)31(19-27)45-5)36(43)32(49-38)18-24-16-28(39)35(29(40)17-24)47-20-23-11-12-25-9-7-8-10-26(25)15-23/h7-19,21,34H,6,20H2,1-5H3/b32-18-/t34-/m0/s1. The normalized spacial score (nSPS) is 14.5. The van der Waals surface area contributed by atoms with Gasteiger partial charge < -0.3 is 18.9 Å². The van der Waals surface area contributed by atoms with Gasteiger partial charge in [0.25, 0.3) is 5.56 Å². The van der Waals surface area contributed by atoms with Crippen LogP contribution < -0.4 is 29.1 Å². The van der Waals surface area contributed by atoms with Gasteiger partial charge in [-0.1, -0.05) is 77.0 Å². The SMILES string of the molecule is CCOC(=O)C1=C(C)N=c2s/c(=C\c3cc(Cl)c(OCc4ccc5ccccc5c4)c(Cl)c3)c(=O)n2[C@H]1c1ccc(OC(C)C)c(OC)c1. The maximum atomic E-state index is 14.2. The molecule has 0 fully saturated rings. The zero-order valence-corrected chi connectivity index (χ0v) is 29.9. The molecule has 252 valence electrons. The number of thiazole rings is 1. The summed E-state index contributed by atoms with van der Waals surface area (Å²) in [4.78, 5) is 32.6. The Morgan fingerprint density at radius 2 is 1.73 bits per heavy atom. The molecular formula is C38H34Cl2N2O6S. The summed E-state index contributed by atoms with van der Waals surface area (Å²) < 4.78 is 24.9. The van der Waals surface area contributed by atoms with Crippen molar-refractivity contribution in [3.05, 3.63) is 130 Å². The molecule has 8 nitrogen and oxygen atoms in total. The summed E-state index contributed by atoms with van der Waals surface area (Å²) in [5, 5.41) is 2.87. The van der Waals surface area contributed by atoms with Crippen LogP contribution in [0.1, 0.15) is 50.4 Å². The molecule has 0 N–H and O–H groups in total. The third-order valence-electron chi connectivity index (χ3n) is 7.90. The number of hydrogen-bond donors (Lipinski definition) is 0. The number of benzene rings is 4. The van der Waals surface area contributed by atoms with Crippen molar-refractivity contribution in [3.8, 4) is 17.2 Å². The number of carbonyl (C=O) groups is 1. The Kier molecular flexibility index (Phi) is 10.2. The minimum Gasteiger partial charge on any atom is -0.493 e. The minimum absolute atomic E-state index is 0.0816. The summed E-state index contributed by atoms with van der Waals surface area (Å²) in [6.45, 7) is 7.75. The van der Waals surface area contributed by atoms with Crippen LogP contribution in [0.4, 0.5) is 0 Å². The van der Waals surface area contributed by atoms with Gasteiger partial charge in [-0.2, -0.15) is 0 Å². The van der Waals surface area contributed by atoms with Gasteiger partial charge >= 0.3 is 5.97 Å². The number of ether oxygens (including phenoxy) is 4. The van der Waals surface area contributed by atoms with Gasteiger partial charge in [0.2, 0.25) is 0 Å². The van der Waals surface area contributed by atoms with Crippen LogP contribution in [0.15, 0.2) is 93.9 Å². The largest absolute Gasteiger partial charge is 0.493 e. The highest BCUT2D eigenvalue weighted by molar-refractivity contribution is 7.07. The Balaban J connectivity index is 1.37. The van der Waals surface area contributed by atoms with E-state index < -0.39 is 12.0 Å². The quantitative estimate of drug-likeness (QED) is 0.138. The number of esters is 1. The molecule has 0 amide bonds. The van der Waals surface area contributed by atoms with Crippen molar-refractivity contribution in [2.75, 3.05) is 13.7 Å². The van der Waals surface area contributed by atoms with E-state index in [1.807, 2.05) is 50.2 Å². The first-order valence-corrected chi connectivity index (χ1v) is 17.3. The lowest BCUT2D eigenvalue weighted by molar-refractivity contribution is -0.139. The Hall–Kier alpha value is -4.57. The molecule has 0 saturated heterocycles. The molecule has 0 bridgehead atoms. The maximum Gasteiger partial charge on any atom is 0.338 e. The zero-order valence-electron chi connectivity index (χ0n) is 27.6. The number of halogens is 2. The molecule has 2 heterocycles. The molecule has 1 aromatic heterocycles. The molecule has 0 radical (unpaired) electrons. The fourth-order valence-corrected chi connectivity index (χ4v) is 7.41. The first-order chi connectivity index (χ1) is 23.6. The highest BCUT2D eigenvalue weighted by Gasteiger charge is 2.34. The number of fused-ring (bicyclic) bond motifs is 2. The van der Waals surface area contributed by atoms with Gasteiger partial charge in [0, 0.05) is 0 Å². The summed E-state index contributed by atoms with van der Waals surface area (Å²) in [6, 6.07) is 22.2. The third kappa shape index (κ3) is 7.11. The van der Waals surface area contributed by atoms with Crippen molar-refractivity contribution in [2.45, 2.75) is 46.4 Å². The van der Waals surface area contributed by atoms with Crippen molar-refractivity contribution in [3.63, 3.8) is 0 Å². The third-order valence-corrected chi connectivity index (χ3v) is 9.44. The Morgan fingerprint density at radius 3 is 2.43 bits per heavy atom. The van der Waals surface area contributed by atoms with Crippen LogP contribution in [0.25, 0.3) is 16.8 Å². The average molecular weight is 718 g/mol. The molecular weight excluding hydrogens is 683 g/mol. The van der Waals surface area contributed by atoms with E-state index in [4.69, 9.17) is 42.1 Å². The first kappa shape index (κ1) is 34.3. The van der Waals surface area contributed by atoms with E-state index in [-0.39, 0.29) is 30.5 Å². The molecule has 4 aromatic carbocycles. The molecule has 49 heavy (non-hydrogen) atoms. The van der Waals surface area contributed by atoms with E-state index in [2.05, 4.69) is 17.1 Å². The Labute approximate surface area is 297 Å². The van der Waals surface area contributed by atoms with Crippen LogP contribution in [0.3, 0.4) is 0 Å². The minimum atomic E-state index is -0.822. The first-order valence-electron chi connectivity index (χ1n) is 15.7. The van der Waals surface area contributed by atoms with Crippen molar-refractivity contribution < 1.29 is 23.7 Å². The lowest BCUT2D eigenvalue weighted by Crippen LogP contribution is -2.40. The summed E-state index contributed by atoms with van der Waals surface area (Å²) in [6.07, 6.45) is 1.62. The number of methoxy groups -OCH3 is 1. The summed E-state index contributed by atoms with van der Waals surface area (Å²) in [5.41, 5.74) is 2.59. The Bertz CT molecular complexity index is 2270. The predicted octanol–water partition coefficient (Wildman–Crippen LogP) is 7.63. The van der Waals surface area contributed by atoms with Crippen LogP contribution >= 0.6 is 34.5 Å². The van der Waals surface area contributed by atoms with Crippen LogP contribution in [0.2, 0.25) is 10.0 Å². The van der Waals surface area contributed by atoms with Gasteiger partial charge in [0.15, 0.2) is 22.0 Å². The fourth-order valence-electron chi connectivity index (χ4n) is 5.75. The molecule has 11 heteroatoms. The molecule has 0 aliphatic carbocycles. The van der Waals surface area contributed by atoms with Gasteiger partial charge in [0.05, 0.1) is 51.7 Å². The van der Waals surface area contributed by atoms with Crippen molar-refractivity contribution in [1.29, 1.82) is 0 Å². The van der Waals surface area contributed by atoms with Gasteiger partial charge in [-0.3, -0.25) is 9.36 Å². The highest BCUT2D eigenvalue weighted by Crippen LogP contribution is 2.37. The second-order valence-electron chi connectivity index (χ2n) is 11.7. The van der Waals surface area contributed by atoms with Crippen molar-refractivity contribution in [2.24, 2.45) is 4.99 Å². The average Bonchev–Trinajstić information content (AvgIpc) is 3.37. The van der Waals surface area contributed by atoms with E-state index in [1.54, 1.807) is 51.3 Å². The number of allylic oxidation sites excluding steroid dienone is 1. The number of hydrogen-bond acceptors (Lipinski definition) is 8. The topological polar surface area (TPSA) is 88.4 Å². The van der Waals surface area contributed by atoms with Crippen LogP contribution in [0.5, 0.6) is 17.2 Å². The predicted molar refractivity (Wildman–Crippen MR) is 194 cm³/mol. The summed E-state index contributed by atoms with van der Waals surface area (Å²) in [5.74, 6) is 0.815. The van der Waals surface area contributed by atoms with Gasteiger partial charge in [-0.25, -0.2) is 9.79 Å². The van der Waals surface area contributed by atoms with E-state index >= 15 is 0 Å². The monoisotopic (exact) mass is 716 g/mol. The van der Waals surface area contributed by atoms with E-state index in [1.165, 1.54) is 15.9 Å². The smallest absolute Gasteiger partial charge is 0.338 e. The summed E-state index contributed by atoms with van der Waals surface area (Å²) >= 11 is 14.5. The maximum absolute atomic E-state index is 14.2. The number of nitrogens with zero attached hydrogens (tertiary/aromatic N) is 2. The van der Waals surface area contributed by atoms with Crippen LogP contribution in [-0.4, -0.2) is 30.4 Å². The van der Waals surface area contributed by atoms with E-state index in [0.29, 0.717) is 53.5 Å². The molecule has 6 rings (SSSR count). The van der Waals surface area contributed by atoms with E-state index in [0.717, 1.165) is 16.3 Å². The van der Waals surface area contributed by atoms with Crippen LogP contribution in [0, 0.1) is 0 Å². The van der Waals surface area contributed by atoms with Crippen molar-refractivity contribution in [1.82, 2.24) is 4.57 Å². The molecule has 1 aliphatic rings. The van der Waals surface area contributed by atoms with Crippen molar-refractivity contribution >= 4 is 57.4 Å². The number of aromatic nitrogens is 1. The zero-order chi connectivity index (χ0) is 34.8. The lowest BCUT2D eigenvalue weighted by Gasteiger charge is -2.25. The molecule has 0 saturated carbocycles. The second-order valence-corrected chi connectivity index (χ2v) is 13.5. The van der Waals surface area contributed by atoms with Gasteiger partial charge in [-0.05, 0) is 91.6 Å². The summed E-state index contributed by atoms with van der Waals surface area (Å²) in [7, 11) is 1.54. The molecule has 5 aromatic rings. The van der Waals surface area contributed by atoms with Crippen LogP contribution in [-0.2, 0) is 16.1 Å². The fraction of sp³-hybridized carbons (Fsp3) is 0.237. The molecule has 1 aliphatic heterocycles. The molecule has 0 spiro atoms. The Morgan fingerprint density at radius 1 is 1.00 bits per heavy atom. The van der Waals surface area contributed by atoms with Gasteiger partial charge in [0.1, 0.15) is 6.61 Å².